The monoisotopic (exact) mass is 242 g/mol. The van der Waals surface area contributed by atoms with Crippen LogP contribution < -0.4 is 5.32 Å². The summed E-state index contributed by atoms with van der Waals surface area (Å²) in [4.78, 5) is 13.8. The molecule has 0 fully saturated rings. The fourth-order valence-corrected chi connectivity index (χ4v) is 1.32. The van der Waals surface area contributed by atoms with Crippen LogP contribution in [0.5, 0.6) is 0 Å². The van der Waals surface area contributed by atoms with Gasteiger partial charge in [-0.05, 0) is 25.2 Å². The zero-order chi connectivity index (χ0) is 11.1. The Labute approximate surface area is 103 Å². The number of hydrogen-bond acceptors (Lipinski definition) is 2. The van der Waals surface area contributed by atoms with Crippen molar-refractivity contribution in [3.8, 4) is 0 Å². The maximum Gasteiger partial charge on any atom is 0.252 e. The lowest BCUT2D eigenvalue weighted by Gasteiger charge is -2.18. The van der Waals surface area contributed by atoms with Crippen LogP contribution in [0.4, 0.5) is 0 Å². The second kappa shape index (κ2) is 8.13. The molecule has 3 nitrogen and oxygen atoms in total. The fraction of sp³-hybridized carbons (Fsp3) is 0.417. The number of hydrogen-bond donors (Lipinski definition) is 1. The summed E-state index contributed by atoms with van der Waals surface area (Å²) in [5, 5.41) is 2.89. The van der Waals surface area contributed by atoms with Gasteiger partial charge in [0.1, 0.15) is 0 Å². The summed E-state index contributed by atoms with van der Waals surface area (Å²) in [6.07, 6.45) is 0. The molecule has 0 saturated heterocycles. The van der Waals surface area contributed by atoms with Crippen molar-refractivity contribution in [3.05, 3.63) is 35.9 Å². The molecular weight excluding hydrogens is 224 g/mol. The average Bonchev–Trinajstić information content (AvgIpc) is 2.31. The normalized spacial score (nSPS) is 9.69. The van der Waals surface area contributed by atoms with Gasteiger partial charge in [0, 0.05) is 5.56 Å². The van der Waals surface area contributed by atoms with Crippen molar-refractivity contribution >= 4 is 18.3 Å². The highest BCUT2D eigenvalue weighted by Crippen LogP contribution is 1.97. The Morgan fingerprint density at radius 3 is 2.25 bits per heavy atom. The Hall–Kier alpha value is -1.06. The summed E-state index contributed by atoms with van der Waals surface area (Å²) in [5.74, 6) is -0.0116. The van der Waals surface area contributed by atoms with Gasteiger partial charge in [-0.2, -0.15) is 0 Å². The molecule has 0 bridgehead atoms. The maximum absolute atomic E-state index is 11.6. The van der Waals surface area contributed by atoms with Crippen molar-refractivity contribution in [1.29, 1.82) is 0 Å². The first-order valence-electron chi connectivity index (χ1n) is 5.33. The predicted molar refractivity (Wildman–Crippen MR) is 68.9 cm³/mol. The average molecular weight is 243 g/mol. The van der Waals surface area contributed by atoms with Gasteiger partial charge in [-0.15, -0.1) is 12.4 Å². The number of halogens is 1. The molecule has 0 aliphatic heterocycles. The van der Waals surface area contributed by atoms with E-state index in [0.717, 1.165) is 13.1 Å². The smallest absolute Gasteiger partial charge is 0.252 e. The second-order valence-electron chi connectivity index (χ2n) is 3.33. The molecule has 0 heterocycles. The SMILES string of the molecule is CCN(CC)CNC(=O)c1ccccc1.Cl. The van der Waals surface area contributed by atoms with E-state index in [2.05, 4.69) is 24.1 Å². The summed E-state index contributed by atoms with van der Waals surface area (Å²) in [6.45, 7) is 6.67. The fourth-order valence-electron chi connectivity index (χ4n) is 1.32. The number of carbonyl (C=O) groups excluding carboxylic acids is 1. The van der Waals surface area contributed by atoms with E-state index >= 15 is 0 Å². The molecule has 0 atom stereocenters. The molecule has 0 radical (unpaired) electrons. The minimum Gasteiger partial charge on any atom is -0.339 e. The number of nitrogens with one attached hydrogen (secondary N) is 1. The lowest BCUT2D eigenvalue weighted by atomic mass is 10.2. The Balaban J connectivity index is 0.00000225. The summed E-state index contributed by atoms with van der Waals surface area (Å²) in [6, 6.07) is 9.27. The van der Waals surface area contributed by atoms with Gasteiger partial charge in [0.15, 0.2) is 0 Å². The van der Waals surface area contributed by atoms with Crippen LogP contribution in [-0.2, 0) is 0 Å². The standard InChI is InChI=1S/C12H18N2O.ClH/c1-3-14(4-2)10-13-12(15)11-8-6-5-7-9-11;/h5-9H,3-4,10H2,1-2H3,(H,13,15);1H. The third-order valence-corrected chi connectivity index (χ3v) is 2.39. The summed E-state index contributed by atoms with van der Waals surface area (Å²) < 4.78 is 0. The van der Waals surface area contributed by atoms with Crippen LogP contribution in [-0.4, -0.2) is 30.6 Å². The van der Waals surface area contributed by atoms with Crippen molar-refractivity contribution < 1.29 is 4.79 Å². The molecule has 0 saturated carbocycles. The second-order valence-corrected chi connectivity index (χ2v) is 3.33. The van der Waals surface area contributed by atoms with Crippen LogP contribution in [0, 0.1) is 0 Å². The number of benzene rings is 1. The molecule has 1 N–H and O–H groups in total. The molecule has 1 aromatic rings. The molecule has 1 aromatic carbocycles. The molecule has 0 spiro atoms. The van der Waals surface area contributed by atoms with Gasteiger partial charge in [-0.1, -0.05) is 32.0 Å². The van der Waals surface area contributed by atoms with Crippen LogP contribution in [0.15, 0.2) is 30.3 Å². The lowest BCUT2D eigenvalue weighted by Crippen LogP contribution is -2.37. The van der Waals surface area contributed by atoms with Gasteiger partial charge >= 0.3 is 0 Å². The number of carbonyl (C=O) groups is 1. The van der Waals surface area contributed by atoms with Crippen LogP contribution in [0.2, 0.25) is 0 Å². The first-order chi connectivity index (χ1) is 7.27. The highest BCUT2D eigenvalue weighted by atomic mass is 35.5. The van der Waals surface area contributed by atoms with Gasteiger partial charge in [0.25, 0.3) is 5.91 Å². The van der Waals surface area contributed by atoms with E-state index in [-0.39, 0.29) is 18.3 Å². The van der Waals surface area contributed by atoms with Crippen molar-refractivity contribution in [2.75, 3.05) is 19.8 Å². The molecule has 0 aliphatic carbocycles. The van der Waals surface area contributed by atoms with E-state index in [1.165, 1.54) is 0 Å². The van der Waals surface area contributed by atoms with Crippen LogP contribution in [0.25, 0.3) is 0 Å². The summed E-state index contributed by atoms with van der Waals surface area (Å²) in [5.41, 5.74) is 0.713. The van der Waals surface area contributed by atoms with E-state index in [1.54, 1.807) is 0 Å². The molecule has 4 heteroatoms. The third kappa shape index (κ3) is 4.64. The van der Waals surface area contributed by atoms with Crippen LogP contribution in [0.3, 0.4) is 0 Å². The molecule has 0 aliphatic rings. The molecular formula is C12H19ClN2O. The van der Waals surface area contributed by atoms with Crippen LogP contribution >= 0.6 is 12.4 Å². The Bertz CT molecular complexity index is 299. The topological polar surface area (TPSA) is 32.3 Å². The number of nitrogens with zero attached hydrogens (tertiary/aromatic N) is 1. The molecule has 16 heavy (non-hydrogen) atoms. The molecule has 0 aromatic heterocycles. The van der Waals surface area contributed by atoms with E-state index in [9.17, 15) is 4.79 Å². The highest BCUT2D eigenvalue weighted by molar-refractivity contribution is 5.94. The predicted octanol–water partition coefficient (Wildman–Crippen LogP) is 2.14. The Morgan fingerprint density at radius 2 is 1.75 bits per heavy atom. The zero-order valence-corrected chi connectivity index (χ0v) is 10.6. The minimum atomic E-state index is -0.0116. The highest BCUT2D eigenvalue weighted by Gasteiger charge is 2.05. The summed E-state index contributed by atoms with van der Waals surface area (Å²) in [7, 11) is 0. The van der Waals surface area contributed by atoms with Crippen molar-refractivity contribution in [2.24, 2.45) is 0 Å². The van der Waals surface area contributed by atoms with Gasteiger partial charge in [0.05, 0.1) is 6.67 Å². The maximum atomic E-state index is 11.6. The largest absolute Gasteiger partial charge is 0.339 e. The van der Waals surface area contributed by atoms with Crippen molar-refractivity contribution in [1.82, 2.24) is 10.2 Å². The molecule has 1 amide bonds. The first-order valence-corrected chi connectivity index (χ1v) is 5.33. The molecule has 1 rings (SSSR count). The van der Waals surface area contributed by atoms with E-state index in [0.29, 0.717) is 12.2 Å². The van der Waals surface area contributed by atoms with Crippen molar-refractivity contribution in [2.45, 2.75) is 13.8 Å². The molecule has 90 valence electrons. The van der Waals surface area contributed by atoms with Crippen LogP contribution in [0.1, 0.15) is 24.2 Å². The quantitative estimate of drug-likeness (QED) is 0.803. The van der Waals surface area contributed by atoms with Gasteiger partial charge < -0.3 is 5.32 Å². The zero-order valence-electron chi connectivity index (χ0n) is 9.77. The summed E-state index contributed by atoms with van der Waals surface area (Å²) >= 11 is 0. The first kappa shape index (κ1) is 14.9. The minimum absolute atomic E-state index is 0. The number of amides is 1. The lowest BCUT2D eigenvalue weighted by molar-refractivity contribution is 0.0926. The Morgan fingerprint density at radius 1 is 1.19 bits per heavy atom. The van der Waals surface area contributed by atoms with Gasteiger partial charge in [-0.3, -0.25) is 9.69 Å². The van der Waals surface area contributed by atoms with Gasteiger partial charge in [0.2, 0.25) is 0 Å². The van der Waals surface area contributed by atoms with Gasteiger partial charge in [-0.25, -0.2) is 0 Å². The molecule has 0 unspecified atom stereocenters. The Kier molecular flexibility index (Phi) is 7.60. The number of rotatable bonds is 5. The third-order valence-electron chi connectivity index (χ3n) is 2.39. The van der Waals surface area contributed by atoms with Crippen molar-refractivity contribution in [3.63, 3.8) is 0 Å². The van der Waals surface area contributed by atoms with E-state index in [1.807, 2.05) is 30.3 Å². The van der Waals surface area contributed by atoms with E-state index in [4.69, 9.17) is 0 Å². The van der Waals surface area contributed by atoms with E-state index < -0.39 is 0 Å².